The summed E-state index contributed by atoms with van der Waals surface area (Å²) in [5.74, 6) is 2.37. The minimum absolute atomic E-state index is 0.0102. The maximum Gasteiger partial charge on any atom is 0.191 e. The van der Waals surface area contributed by atoms with Gasteiger partial charge in [0.1, 0.15) is 13.2 Å². The second kappa shape index (κ2) is 8.14. The van der Waals surface area contributed by atoms with Crippen LogP contribution in [-0.4, -0.2) is 39.5 Å². The van der Waals surface area contributed by atoms with E-state index in [4.69, 9.17) is 9.47 Å². The summed E-state index contributed by atoms with van der Waals surface area (Å²) in [6.07, 6.45) is 0. The number of benzene rings is 2. The number of ketones is 1. The van der Waals surface area contributed by atoms with Gasteiger partial charge < -0.3 is 14.0 Å². The molecule has 0 atom stereocenters. The highest BCUT2D eigenvalue weighted by molar-refractivity contribution is 7.99. The van der Waals surface area contributed by atoms with E-state index < -0.39 is 0 Å². The molecule has 2 aromatic carbocycles. The molecule has 0 N–H and O–H groups in total. The fourth-order valence-electron chi connectivity index (χ4n) is 3.24. The summed E-state index contributed by atoms with van der Waals surface area (Å²) in [6, 6.07) is 13.7. The van der Waals surface area contributed by atoms with Crippen LogP contribution in [0.1, 0.15) is 36.7 Å². The summed E-state index contributed by atoms with van der Waals surface area (Å²) in [7, 11) is 1.92. The lowest BCUT2D eigenvalue weighted by Gasteiger charge is -2.19. The molecule has 0 saturated carbocycles. The average Bonchev–Trinajstić information content (AvgIpc) is 3.11. The number of thioether (sulfide) groups is 1. The number of ether oxygens (including phenoxy) is 2. The van der Waals surface area contributed by atoms with Crippen molar-refractivity contribution in [2.24, 2.45) is 7.05 Å². The van der Waals surface area contributed by atoms with E-state index in [1.165, 1.54) is 17.3 Å². The largest absolute Gasteiger partial charge is 0.486 e. The summed E-state index contributed by atoms with van der Waals surface area (Å²) in [6.45, 7) is 7.61. The van der Waals surface area contributed by atoms with E-state index in [1.54, 1.807) is 18.2 Å². The van der Waals surface area contributed by atoms with Gasteiger partial charge in [0, 0.05) is 18.2 Å². The fraction of sp³-hybridized carbons (Fsp3) is 0.348. The Kier molecular flexibility index (Phi) is 5.56. The molecule has 0 bridgehead atoms. The molecule has 1 aliphatic rings. The summed E-state index contributed by atoms with van der Waals surface area (Å²) in [4.78, 5) is 12.6. The number of hydrogen-bond acceptors (Lipinski definition) is 6. The van der Waals surface area contributed by atoms with Gasteiger partial charge in [0.25, 0.3) is 0 Å². The minimum Gasteiger partial charge on any atom is -0.486 e. The maximum atomic E-state index is 12.6. The molecule has 156 valence electrons. The third-order valence-corrected chi connectivity index (χ3v) is 6.06. The van der Waals surface area contributed by atoms with Crippen LogP contribution in [0.4, 0.5) is 0 Å². The highest BCUT2D eigenvalue weighted by atomic mass is 32.2. The third-order valence-electron chi connectivity index (χ3n) is 5.04. The molecule has 3 aromatic rings. The monoisotopic (exact) mass is 423 g/mol. The van der Waals surface area contributed by atoms with E-state index in [2.05, 4.69) is 55.2 Å². The van der Waals surface area contributed by atoms with Crippen molar-refractivity contribution in [2.45, 2.75) is 31.3 Å². The quantitative estimate of drug-likeness (QED) is 0.444. The fourth-order valence-corrected chi connectivity index (χ4v) is 4.05. The van der Waals surface area contributed by atoms with E-state index in [0.29, 0.717) is 35.4 Å². The summed E-state index contributed by atoms with van der Waals surface area (Å²) >= 11 is 1.38. The van der Waals surface area contributed by atoms with Gasteiger partial charge in [-0.25, -0.2) is 0 Å². The number of hydrogen-bond donors (Lipinski definition) is 0. The van der Waals surface area contributed by atoms with E-state index in [9.17, 15) is 4.79 Å². The average molecular weight is 424 g/mol. The zero-order valence-corrected chi connectivity index (χ0v) is 18.5. The first kappa shape index (κ1) is 20.5. The van der Waals surface area contributed by atoms with Gasteiger partial charge in [-0.2, -0.15) is 0 Å². The van der Waals surface area contributed by atoms with Gasteiger partial charge in [0.2, 0.25) is 0 Å². The van der Waals surface area contributed by atoms with Gasteiger partial charge in [-0.15, -0.1) is 10.2 Å². The first-order chi connectivity index (χ1) is 14.3. The lowest BCUT2D eigenvalue weighted by Crippen LogP contribution is -2.16. The lowest BCUT2D eigenvalue weighted by atomic mass is 9.87. The normalized spacial score (nSPS) is 13.3. The van der Waals surface area contributed by atoms with Gasteiger partial charge in [-0.3, -0.25) is 4.79 Å². The molecule has 30 heavy (non-hydrogen) atoms. The molecule has 1 aliphatic heterocycles. The van der Waals surface area contributed by atoms with E-state index >= 15 is 0 Å². The second-order valence-electron chi connectivity index (χ2n) is 8.26. The SMILES string of the molecule is Cn1c(SCC(=O)c2ccc3c(c2)OCCO3)nnc1-c1ccc(C(C)(C)C)cc1. The Balaban J connectivity index is 1.45. The molecule has 0 radical (unpaired) electrons. The Morgan fingerprint density at radius 3 is 2.43 bits per heavy atom. The van der Waals surface area contributed by atoms with Gasteiger partial charge in [0.05, 0.1) is 5.75 Å². The minimum atomic E-state index is 0.0102. The first-order valence-electron chi connectivity index (χ1n) is 9.89. The molecule has 0 unspecified atom stereocenters. The Bertz CT molecular complexity index is 1070. The molecule has 0 amide bonds. The number of rotatable bonds is 5. The van der Waals surface area contributed by atoms with Crippen LogP contribution >= 0.6 is 11.8 Å². The van der Waals surface area contributed by atoms with Crippen molar-refractivity contribution in [1.82, 2.24) is 14.8 Å². The Labute approximate surface area is 180 Å². The van der Waals surface area contributed by atoms with Crippen molar-refractivity contribution in [3.63, 3.8) is 0 Å². The van der Waals surface area contributed by atoms with E-state index in [-0.39, 0.29) is 17.0 Å². The number of aromatic nitrogens is 3. The van der Waals surface area contributed by atoms with Gasteiger partial charge in [0.15, 0.2) is 28.3 Å². The summed E-state index contributed by atoms with van der Waals surface area (Å²) in [5, 5.41) is 9.31. The molecule has 4 rings (SSSR count). The van der Waals surface area contributed by atoms with Gasteiger partial charge in [-0.05, 0) is 29.2 Å². The number of nitrogens with zero attached hydrogens (tertiary/aromatic N) is 3. The molecule has 2 heterocycles. The van der Waals surface area contributed by atoms with Crippen LogP contribution in [0.3, 0.4) is 0 Å². The molecule has 0 aliphatic carbocycles. The maximum absolute atomic E-state index is 12.6. The van der Waals surface area contributed by atoms with Crippen molar-refractivity contribution in [1.29, 1.82) is 0 Å². The topological polar surface area (TPSA) is 66.2 Å². The molecule has 0 spiro atoms. The van der Waals surface area contributed by atoms with Crippen molar-refractivity contribution in [2.75, 3.05) is 19.0 Å². The Morgan fingerprint density at radius 1 is 1.03 bits per heavy atom. The number of fused-ring (bicyclic) bond motifs is 1. The summed E-state index contributed by atoms with van der Waals surface area (Å²) < 4.78 is 13.0. The van der Waals surface area contributed by atoms with Crippen molar-refractivity contribution in [3.8, 4) is 22.9 Å². The van der Waals surface area contributed by atoms with Crippen LogP contribution in [0.2, 0.25) is 0 Å². The van der Waals surface area contributed by atoms with Crippen molar-refractivity contribution in [3.05, 3.63) is 53.6 Å². The molecule has 0 fully saturated rings. The number of carbonyl (C=O) groups excluding carboxylic acids is 1. The van der Waals surface area contributed by atoms with Crippen LogP contribution in [-0.2, 0) is 12.5 Å². The lowest BCUT2D eigenvalue weighted by molar-refractivity contribution is 0.102. The van der Waals surface area contributed by atoms with E-state index in [1.807, 2.05) is 11.6 Å². The van der Waals surface area contributed by atoms with Crippen LogP contribution in [0.5, 0.6) is 11.5 Å². The van der Waals surface area contributed by atoms with Crippen LogP contribution in [0.15, 0.2) is 47.6 Å². The molecule has 1 aromatic heterocycles. The Morgan fingerprint density at radius 2 is 1.73 bits per heavy atom. The summed E-state index contributed by atoms with van der Waals surface area (Å²) in [5.41, 5.74) is 2.98. The van der Waals surface area contributed by atoms with Crippen molar-refractivity contribution >= 4 is 17.5 Å². The number of carbonyl (C=O) groups is 1. The predicted molar refractivity (Wildman–Crippen MR) is 118 cm³/mol. The second-order valence-corrected chi connectivity index (χ2v) is 9.21. The molecule has 6 nitrogen and oxygen atoms in total. The molecule has 7 heteroatoms. The third kappa shape index (κ3) is 4.21. The smallest absolute Gasteiger partial charge is 0.191 e. The van der Waals surface area contributed by atoms with Gasteiger partial charge in [-0.1, -0.05) is 56.8 Å². The molecular weight excluding hydrogens is 398 g/mol. The standard InChI is InChI=1S/C23H25N3O3S/c1-23(2,3)17-8-5-15(6-9-17)21-24-25-22(26(21)4)30-14-18(27)16-7-10-19-20(13-16)29-12-11-28-19/h5-10,13H,11-12,14H2,1-4H3. The Hall–Kier alpha value is -2.80. The van der Waals surface area contributed by atoms with Crippen LogP contribution in [0.25, 0.3) is 11.4 Å². The molecule has 0 saturated heterocycles. The molecular formula is C23H25N3O3S. The number of Topliss-reactive ketones (excluding diaryl/α,β-unsaturated/α-hetero) is 1. The highest BCUT2D eigenvalue weighted by Crippen LogP contribution is 2.32. The zero-order valence-electron chi connectivity index (χ0n) is 17.6. The van der Waals surface area contributed by atoms with Crippen molar-refractivity contribution < 1.29 is 14.3 Å². The van der Waals surface area contributed by atoms with Crippen LogP contribution < -0.4 is 9.47 Å². The van der Waals surface area contributed by atoms with Gasteiger partial charge >= 0.3 is 0 Å². The predicted octanol–water partition coefficient (Wildman–Crippen LogP) is 4.53. The zero-order chi connectivity index (χ0) is 21.3. The highest BCUT2D eigenvalue weighted by Gasteiger charge is 2.18. The first-order valence-corrected chi connectivity index (χ1v) is 10.9. The van der Waals surface area contributed by atoms with Crippen LogP contribution in [0, 0.1) is 0 Å². The van der Waals surface area contributed by atoms with E-state index in [0.717, 1.165) is 11.4 Å².